The summed E-state index contributed by atoms with van der Waals surface area (Å²) in [5.74, 6) is 0.988. The molecule has 1 saturated carbocycles. The first-order chi connectivity index (χ1) is 14.4. The Morgan fingerprint density at radius 3 is 2.60 bits per heavy atom. The largest absolute Gasteiger partial charge is 0.410 e. The smallest absolute Gasteiger partial charge is 0.338 e. The molecule has 0 bridgehead atoms. The lowest BCUT2D eigenvalue weighted by molar-refractivity contribution is -0.196. The highest BCUT2D eigenvalue weighted by atomic mass is 19.4. The molecule has 1 unspecified atom stereocenters. The zero-order valence-electron chi connectivity index (χ0n) is 16.2. The second kappa shape index (κ2) is 6.87. The molecule has 2 aliphatic rings. The van der Waals surface area contributed by atoms with Gasteiger partial charge in [0.2, 0.25) is 0 Å². The van der Waals surface area contributed by atoms with E-state index in [1.54, 1.807) is 18.3 Å². The van der Waals surface area contributed by atoms with E-state index in [0.717, 1.165) is 24.9 Å². The second-order valence-electron chi connectivity index (χ2n) is 8.18. The van der Waals surface area contributed by atoms with Crippen LogP contribution in [-0.4, -0.2) is 27.5 Å². The number of nitrogens with zero attached hydrogens (tertiary/aromatic N) is 2. The van der Waals surface area contributed by atoms with E-state index in [0.29, 0.717) is 35.8 Å². The van der Waals surface area contributed by atoms with Crippen molar-refractivity contribution in [1.82, 2.24) is 20.1 Å². The number of H-pyrrole nitrogens is 1. The minimum atomic E-state index is -4.37. The van der Waals surface area contributed by atoms with Gasteiger partial charge in [0.05, 0.1) is 5.52 Å². The molecule has 3 heterocycles. The topological polar surface area (TPSA) is 74.7 Å². The van der Waals surface area contributed by atoms with Crippen molar-refractivity contribution < 1.29 is 13.2 Å². The Balaban J connectivity index is 1.47. The number of hydrogen-bond acceptors (Lipinski definition) is 4. The number of rotatable bonds is 5. The fourth-order valence-electron chi connectivity index (χ4n) is 4.28. The van der Waals surface area contributed by atoms with E-state index in [-0.39, 0.29) is 17.5 Å². The van der Waals surface area contributed by atoms with Crippen LogP contribution in [0.3, 0.4) is 0 Å². The summed E-state index contributed by atoms with van der Waals surface area (Å²) in [5.41, 5.74) is -0.729. The van der Waals surface area contributed by atoms with E-state index < -0.39 is 11.7 Å². The molecule has 1 saturated heterocycles. The van der Waals surface area contributed by atoms with Gasteiger partial charge in [-0.3, -0.25) is 14.8 Å². The Labute approximate surface area is 170 Å². The molecule has 158 valence electrons. The lowest BCUT2D eigenvalue weighted by Crippen LogP contribution is -2.49. The third kappa shape index (κ3) is 3.17. The van der Waals surface area contributed by atoms with Gasteiger partial charge in [0.15, 0.2) is 5.82 Å². The van der Waals surface area contributed by atoms with Gasteiger partial charge in [0.1, 0.15) is 10.9 Å². The molecule has 0 radical (unpaired) electrons. The number of hydrogen-bond donors (Lipinski definition) is 3. The van der Waals surface area contributed by atoms with Gasteiger partial charge in [-0.15, -0.1) is 0 Å². The first-order valence-electron chi connectivity index (χ1n) is 10.1. The standard InChI is InChI=1S/C21H22F3N5O/c22-21(23,24)20(9-1-10-26-20)14-4-6-15(7-5-14)27-18-17-16(8-11-25-19(17)30)29(28-18)12-13-2-3-13/h4-8,11,13,26H,1-3,9-10,12H2,(H,25,30)(H,27,28). The van der Waals surface area contributed by atoms with Gasteiger partial charge in [0, 0.05) is 18.4 Å². The number of benzene rings is 1. The van der Waals surface area contributed by atoms with Crippen molar-refractivity contribution in [2.24, 2.45) is 5.92 Å². The predicted octanol–water partition coefficient (Wildman–Crippen LogP) is 4.02. The van der Waals surface area contributed by atoms with Gasteiger partial charge in [-0.25, -0.2) is 0 Å². The second-order valence-corrected chi connectivity index (χ2v) is 8.18. The normalized spacial score (nSPS) is 22.0. The van der Waals surface area contributed by atoms with E-state index in [9.17, 15) is 18.0 Å². The number of alkyl halides is 3. The summed E-state index contributed by atoms with van der Waals surface area (Å²) in [4.78, 5) is 15.1. The highest BCUT2D eigenvalue weighted by Gasteiger charge is 2.57. The number of aromatic nitrogens is 3. The van der Waals surface area contributed by atoms with E-state index in [1.807, 2.05) is 10.7 Å². The number of aromatic amines is 1. The van der Waals surface area contributed by atoms with Crippen LogP contribution < -0.4 is 16.2 Å². The molecule has 3 aromatic rings. The Morgan fingerprint density at radius 2 is 1.97 bits per heavy atom. The maximum absolute atomic E-state index is 13.8. The van der Waals surface area contributed by atoms with Crippen LogP contribution in [0.2, 0.25) is 0 Å². The van der Waals surface area contributed by atoms with Crippen molar-refractivity contribution in [3.63, 3.8) is 0 Å². The minimum Gasteiger partial charge on any atom is -0.338 e. The zero-order chi connectivity index (χ0) is 20.9. The lowest BCUT2D eigenvalue weighted by atomic mass is 9.87. The summed E-state index contributed by atoms with van der Waals surface area (Å²) in [6.07, 6.45) is 0.0398. The molecule has 1 aliphatic carbocycles. The summed E-state index contributed by atoms with van der Waals surface area (Å²) >= 11 is 0. The van der Waals surface area contributed by atoms with Crippen molar-refractivity contribution in [2.75, 3.05) is 11.9 Å². The van der Waals surface area contributed by atoms with Crippen LogP contribution in [0.4, 0.5) is 24.7 Å². The molecule has 1 aromatic carbocycles. The molecule has 30 heavy (non-hydrogen) atoms. The Kier molecular flexibility index (Phi) is 4.39. The van der Waals surface area contributed by atoms with Crippen LogP contribution >= 0.6 is 0 Å². The van der Waals surface area contributed by atoms with Gasteiger partial charge in [0.25, 0.3) is 5.56 Å². The molecule has 1 atom stereocenters. The number of halogens is 3. The zero-order valence-corrected chi connectivity index (χ0v) is 16.2. The predicted molar refractivity (Wildman–Crippen MR) is 108 cm³/mol. The molecule has 5 rings (SSSR count). The van der Waals surface area contributed by atoms with Gasteiger partial charge in [-0.05, 0) is 61.9 Å². The number of anilines is 2. The molecule has 0 spiro atoms. The van der Waals surface area contributed by atoms with Crippen molar-refractivity contribution in [1.29, 1.82) is 0 Å². The molecule has 6 nitrogen and oxygen atoms in total. The third-order valence-corrected chi connectivity index (χ3v) is 6.08. The van der Waals surface area contributed by atoms with Crippen LogP contribution in [0.15, 0.2) is 41.3 Å². The summed E-state index contributed by atoms with van der Waals surface area (Å²) < 4.78 is 43.1. The summed E-state index contributed by atoms with van der Waals surface area (Å²) in [5, 5.41) is 10.8. The van der Waals surface area contributed by atoms with Crippen LogP contribution in [0, 0.1) is 5.92 Å². The maximum Gasteiger partial charge on any atom is 0.410 e. The molecule has 1 aliphatic heterocycles. The monoisotopic (exact) mass is 417 g/mol. The van der Waals surface area contributed by atoms with Gasteiger partial charge < -0.3 is 10.3 Å². The number of nitrogens with one attached hydrogen (secondary N) is 3. The fraction of sp³-hybridized carbons (Fsp3) is 0.429. The Bertz CT molecular complexity index is 1120. The summed E-state index contributed by atoms with van der Waals surface area (Å²) in [6.45, 7) is 1.09. The molecule has 2 aromatic heterocycles. The number of fused-ring (bicyclic) bond motifs is 1. The molecule has 2 fully saturated rings. The van der Waals surface area contributed by atoms with Crippen molar-refractivity contribution in [3.05, 3.63) is 52.4 Å². The van der Waals surface area contributed by atoms with Crippen molar-refractivity contribution in [3.8, 4) is 0 Å². The van der Waals surface area contributed by atoms with E-state index in [1.165, 1.54) is 12.1 Å². The number of pyridine rings is 1. The van der Waals surface area contributed by atoms with E-state index in [2.05, 4.69) is 20.7 Å². The first-order valence-corrected chi connectivity index (χ1v) is 10.1. The molecular formula is C21H22F3N5O. The van der Waals surface area contributed by atoms with Gasteiger partial charge >= 0.3 is 6.18 Å². The SMILES string of the molecule is O=c1[nH]ccc2c1c(Nc1ccc(C3(C(F)(F)F)CCCN3)cc1)nn2CC1CC1. The first kappa shape index (κ1) is 19.2. The summed E-state index contributed by atoms with van der Waals surface area (Å²) in [6, 6.07) is 8.00. The van der Waals surface area contributed by atoms with E-state index >= 15 is 0 Å². The maximum atomic E-state index is 13.8. The Hall–Kier alpha value is -2.81. The quantitative estimate of drug-likeness (QED) is 0.586. The van der Waals surface area contributed by atoms with Crippen LogP contribution in [0.25, 0.3) is 10.9 Å². The molecule has 3 N–H and O–H groups in total. The van der Waals surface area contributed by atoms with Crippen molar-refractivity contribution in [2.45, 2.75) is 43.9 Å². The average Bonchev–Trinajstić information content (AvgIpc) is 3.24. The molecule has 9 heteroatoms. The third-order valence-electron chi connectivity index (χ3n) is 6.08. The van der Waals surface area contributed by atoms with Gasteiger partial charge in [-0.2, -0.15) is 18.3 Å². The van der Waals surface area contributed by atoms with Crippen LogP contribution in [0.5, 0.6) is 0 Å². The fourth-order valence-corrected chi connectivity index (χ4v) is 4.28. The molecule has 0 amide bonds. The lowest BCUT2D eigenvalue weighted by Gasteiger charge is -2.32. The van der Waals surface area contributed by atoms with Crippen LogP contribution in [-0.2, 0) is 12.1 Å². The van der Waals surface area contributed by atoms with Crippen molar-refractivity contribution >= 4 is 22.4 Å². The van der Waals surface area contributed by atoms with Gasteiger partial charge in [-0.1, -0.05) is 12.1 Å². The summed E-state index contributed by atoms with van der Waals surface area (Å²) in [7, 11) is 0. The Morgan fingerprint density at radius 1 is 1.20 bits per heavy atom. The van der Waals surface area contributed by atoms with Crippen LogP contribution in [0.1, 0.15) is 31.2 Å². The minimum absolute atomic E-state index is 0.0227. The highest BCUT2D eigenvalue weighted by molar-refractivity contribution is 5.91. The molecular weight excluding hydrogens is 395 g/mol. The van der Waals surface area contributed by atoms with E-state index in [4.69, 9.17) is 0 Å². The highest BCUT2D eigenvalue weighted by Crippen LogP contribution is 2.45. The average molecular weight is 417 g/mol.